The highest BCUT2D eigenvalue weighted by atomic mass is 32.2. The quantitative estimate of drug-likeness (QED) is 0.912. The van der Waals surface area contributed by atoms with Gasteiger partial charge in [-0.25, -0.2) is 22.8 Å². The van der Waals surface area contributed by atoms with E-state index >= 15 is 0 Å². The van der Waals surface area contributed by atoms with Gasteiger partial charge in [0.2, 0.25) is 10.0 Å². The van der Waals surface area contributed by atoms with Crippen LogP contribution in [-0.2, 0) is 29.4 Å². The molecule has 0 aliphatic heterocycles. The first-order chi connectivity index (χ1) is 10.5. The van der Waals surface area contributed by atoms with E-state index in [1.165, 1.54) is 11.9 Å². The van der Waals surface area contributed by atoms with Crippen LogP contribution in [0.4, 0.5) is 0 Å². The van der Waals surface area contributed by atoms with Gasteiger partial charge >= 0.3 is 0 Å². The molecule has 0 atom stereocenters. The maximum Gasteiger partial charge on any atom is 0.240 e. The molecule has 1 aromatic carbocycles. The maximum absolute atomic E-state index is 12.4. The summed E-state index contributed by atoms with van der Waals surface area (Å²) in [6.07, 6.45) is 4.55. The minimum atomic E-state index is -3.53. The Morgan fingerprint density at radius 1 is 1.27 bits per heavy atom. The number of benzene rings is 1. The van der Waals surface area contributed by atoms with E-state index in [4.69, 9.17) is 0 Å². The van der Waals surface area contributed by atoms with Gasteiger partial charge in [-0.1, -0.05) is 6.07 Å². The fourth-order valence-corrected chi connectivity index (χ4v) is 3.82. The molecule has 1 aliphatic carbocycles. The Morgan fingerprint density at radius 3 is 2.82 bits per heavy atom. The molecule has 1 aliphatic rings. The second-order valence-corrected chi connectivity index (χ2v) is 7.59. The number of hydrogen-bond acceptors (Lipinski definition) is 4. The van der Waals surface area contributed by atoms with E-state index in [1.54, 1.807) is 16.8 Å². The van der Waals surface area contributed by atoms with Crippen molar-refractivity contribution < 1.29 is 8.42 Å². The van der Waals surface area contributed by atoms with Gasteiger partial charge < -0.3 is 0 Å². The first kappa shape index (κ1) is 15.2. The van der Waals surface area contributed by atoms with Crippen molar-refractivity contribution >= 4 is 10.0 Å². The highest BCUT2D eigenvalue weighted by molar-refractivity contribution is 7.89. The molecule has 1 aromatic heterocycles. The van der Waals surface area contributed by atoms with Crippen LogP contribution < -0.4 is 4.72 Å². The summed E-state index contributed by atoms with van der Waals surface area (Å²) in [6, 6.07) is 5.53. The fraction of sp³-hybridized carbons (Fsp3) is 0.467. The largest absolute Gasteiger partial charge is 0.246 e. The zero-order valence-corrected chi connectivity index (χ0v) is 13.6. The number of sulfonamides is 1. The smallest absolute Gasteiger partial charge is 0.240 e. The Morgan fingerprint density at radius 2 is 2.05 bits per heavy atom. The summed E-state index contributed by atoms with van der Waals surface area (Å²) in [6.45, 7) is 4.10. The van der Waals surface area contributed by atoms with Gasteiger partial charge in [0, 0.05) is 6.04 Å². The Labute approximate surface area is 130 Å². The molecule has 0 amide bonds. The topological polar surface area (TPSA) is 76.9 Å². The third-order valence-electron chi connectivity index (χ3n) is 3.94. The predicted octanol–water partition coefficient (Wildman–Crippen LogP) is 1.83. The molecule has 0 radical (unpaired) electrons. The van der Waals surface area contributed by atoms with Crippen LogP contribution in [0.5, 0.6) is 0 Å². The zero-order chi connectivity index (χ0) is 15.7. The van der Waals surface area contributed by atoms with Gasteiger partial charge in [-0.3, -0.25) is 0 Å². The third-order valence-corrected chi connectivity index (χ3v) is 5.34. The second-order valence-electron chi connectivity index (χ2n) is 5.82. The van der Waals surface area contributed by atoms with Gasteiger partial charge in [0.15, 0.2) is 0 Å². The number of fused-ring (bicyclic) bond motifs is 1. The van der Waals surface area contributed by atoms with E-state index in [0.717, 1.165) is 24.8 Å². The number of aryl methyl sites for hydroxylation is 2. The van der Waals surface area contributed by atoms with Crippen LogP contribution in [0.25, 0.3) is 0 Å². The van der Waals surface area contributed by atoms with Crippen molar-refractivity contribution in [2.45, 2.75) is 50.6 Å². The highest BCUT2D eigenvalue weighted by Gasteiger charge is 2.19. The van der Waals surface area contributed by atoms with Crippen molar-refractivity contribution in [2.75, 3.05) is 0 Å². The van der Waals surface area contributed by atoms with Crippen molar-refractivity contribution in [1.82, 2.24) is 19.5 Å². The molecule has 1 heterocycles. The first-order valence-corrected chi connectivity index (χ1v) is 8.95. The molecule has 0 fully saturated rings. The van der Waals surface area contributed by atoms with Crippen LogP contribution in [0.1, 0.15) is 43.3 Å². The van der Waals surface area contributed by atoms with Crippen LogP contribution >= 0.6 is 0 Å². The van der Waals surface area contributed by atoms with Gasteiger partial charge in [-0.15, -0.1) is 0 Å². The molecular formula is C15H20N4O2S. The standard InChI is InChI=1S/C15H20N4O2S/c1-11(2)19-15(16-10-17-19)9-18-22(20,21)14-7-6-12-4-3-5-13(12)8-14/h6-8,10-11,18H,3-5,9H2,1-2H3. The average Bonchev–Trinajstić information content (AvgIpc) is 3.13. The molecule has 0 saturated heterocycles. The summed E-state index contributed by atoms with van der Waals surface area (Å²) in [5.41, 5.74) is 2.41. The van der Waals surface area contributed by atoms with E-state index in [-0.39, 0.29) is 12.6 Å². The molecule has 0 saturated carbocycles. The second kappa shape index (κ2) is 5.81. The minimum absolute atomic E-state index is 0.137. The van der Waals surface area contributed by atoms with Gasteiger partial charge in [0.1, 0.15) is 12.2 Å². The summed E-state index contributed by atoms with van der Waals surface area (Å²) in [7, 11) is -3.53. The SMILES string of the molecule is CC(C)n1ncnc1CNS(=O)(=O)c1ccc2c(c1)CCC2. The summed E-state index contributed by atoms with van der Waals surface area (Å²) >= 11 is 0. The molecule has 118 valence electrons. The molecule has 3 rings (SSSR count). The Bertz CT molecular complexity index is 781. The summed E-state index contributed by atoms with van der Waals surface area (Å²) in [5.74, 6) is 0.611. The molecule has 0 spiro atoms. The van der Waals surface area contributed by atoms with Gasteiger partial charge in [0.05, 0.1) is 11.4 Å². The highest BCUT2D eigenvalue weighted by Crippen LogP contribution is 2.24. The molecule has 0 bridgehead atoms. The average molecular weight is 320 g/mol. The fourth-order valence-electron chi connectivity index (χ4n) is 2.79. The van der Waals surface area contributed by atoms with Crippen molar-refractivity contribution in [3.05, 3.63) is 41.5 Å². The van der Waals surface area contributed by atoms with Gasteiger partial charge in [-0.05, 0) is 56.4 Å². The summed E-state index contributed by atoms with van der Waals surface area (Å²) < 4.78 is 29.2. The Balaban J connectivity index is 1.78. The Kier molecular flexibility index (Phi) is 4.01. The number of nitrogens with one attached hydrogen (secondary N) is 1. The van der Waals surface area contributed by atoms with Gasteiger partial charge in [0.25, 0.3) is 0 Å². The monoisotopic (exact) mass is 320 g/mol. The van der Waals surface area contributed by atoms with E-state index in [2.05, 4.69) is 14.8 Å². The van der Waals surface area contributed by atoms with Crippen molar-refractivity contribution in [1.29, 1.82) is 0 Å². The summed E-state index contributed by atoms with van der Waals surface area (Å²) in [5, 5.41) is 4.11. The van der Waals surface area contributed by atoms with Crippen LogP contribution in [0, 0.1) is 0 Å². The number of hydrogen-bond donors (Lipinski definition) is 1. The molecule has 0 unspecified atom stereocenters. The minimum Gasteiger partial charge on any atom is -0.246 e. The number of aromatic nitrogens is 3. The Hall–Kier alpha value is -1.73. The third kappa shape index (κ3) is 2.91. The summed E-state index contributed by atoms with van der Waals surface area (Å²) in [4.78, 5) is 4.44. The molecule has 1 N–H and O–H groups in total. The van der Waals surface area contributed by atoms with Crippen LogP contribution in [0.15, 0.2) is 29.4 Å². The van der Waals surface area contributed by atoms with Crippen molar-refractivity contribution in [3.63, 3.8) is 0 Å². The lowest BCUT2D eigenvalue weighted by molar-refractivity contribution is 0.499. The van der Waals surface area contributed by atoms with E-state index in [1.807, 2.05) is 19.9 Å². The normalized spacial score (nSPS) is 14.5. The predicted molar refractivity (Wildman–Crippen MR) is 82.9 cm³/mol. The lowest BCUT2D eigenvalue weighted by atomic mass is 10.1. The zero-order valence-electron chi connectivity index (χ0n) is 12.8. The van der Waals surface area contributed by atoms with Gasteiger partial charge in [-0.2, -0.15) is 5.10 Å². The first-order valence-electron chi connectivity index (χ1n) is 7.47. The molecule has 2 aromatic rings. The number of rotatable bonds is 5. The van der Waals surface area contributed by atoms with Crippen LogP contribution in [-0.4, -0.2) is 23.2 Å². The lowest BCUT2D eigenvalue weighted by Gasteiger charge is -2.11. The van der Waals surface area contributed by atoms with Crippen molar-refractivity contribution in [2.24, 2.45) is 0 Å². The number of nitrogens with zero attached hydrogens (tertiary/aromatic N) is 3. The molecule has 7 heteroatoms. The van der Waals surface area contributed by atoms with Crippen LogP contribution in [0.3, 0.4) is 0 Å². The lowest BCUT2D eigenvalue weighted by Crippen LogP contribution is -2.25. The van der Waals surface area contributed by atoms with E-state index in [0.29, 0.717) is 10.7 Å². The maximum atomic E-state index is 12.4. The van der Waals surface area contributed by atoms with Crippen LogP contribution in [0.2, 0.25) is 0 Å². The van der Waals surface area contributed by atoms with E-state index < -0.39 is 10.0 Å². The molecular weight excluding hydrogens is 300 g/mol. The molecule has 6 nitrogen and oxygen atoms in total. The van der Waals surface area contributed by atoms with E-state index in [9.17, 15) is 8.42 Å². The van der Waals surface area contributed by atoms with Crippen molar-refractivity contribution in [3.8, 4) is 0 Å². The molecule has 22 heavy (non-hydrogen) atoms.